The van der Waals surface area contributed by atoms with Gasteiger partial charge in [0.15, 0.2) is 0 Å². The van der Waals surface area contributed by atoms with Crippen LogP contribution in [0.3, 0.4) is 0 Å². The molecule has 8 heteroatoms. The topological polar surface area (TPSA) is 45.5 Å². The number of hydrogen-bond acceptors (Lipinski definition) is 3. The highest BCUT2D eigenvalue weighted by atomic mass is 35.5. The van der Waals surface area contributed by atoms with E-state index >= 15 is 0 Å². The minimum Gasteiger partial charge on any atom is -0.467 e. The fourth-order valence-corrected chi connectivity index (χ4v) is 2.63. The number of carbonyl (C=O) groups excluding carboxylic acids is 1. The molecule has 0 saturated heterocycles. The fraction of sp³-hybridized carbons (Fsp3) is 0.353. The standard InChI is InChI=1S/C17H18ClF3N2O2/c1-12(14-6-2-3-7-15(14)18)22-9-16(24)23(11-17(19,20)21)10-13-5-4-8-25-13/h2-8,12,22H,9-11H2,1H3. The molecule has 0 bridgehead atoms. The van der Waals surface area contributed by atoms with Crippen molar-refractivity contribution in [3.8, 4) is 0 Å². The lowest BCUT2D eigenvalue weighted by Gasteiger charge is -2.24. The van der Waals surface area contributed by atoms with E-state index in [1.165, 1.54) is 12.3 Å². The monoisotopic (exact) mass is 374 g/mol. The summed E-state index contributed by atoms with van der Waals surface area (Å²) in [5, 5.41) is 3.44. The summed E-state index contributed by atoms with van der Waals surface area (Å²) in [6, 6.07) is 9.88. The first-order chi connectivity index (χ1) is 11.8. The first-order valence-electron chi connectivity index (χ1n) is 7.61. The number of rotatable bonds is 7. The summed E-state index contributed by atoms with van der Waals surface area (Å²) in [6.45, 7) is -0.0412. The van der Waals surface area contributed by atoms with E-state index in [9.17, 15) is 18.0 Å². The maximum Gasteiger partial charge on any atom is 0.406 e. The Morgan fingerprint density at radius 2 is 2.00 bits per heavy atom. The van der Waals surface area contributed by atoms with Gasteiger partial charge in [-0.15, -0.1) is 0 Å². The largest absolute Gasteiger partial charge is 0.467 e. The Labute approximate surface area is 148 Å². The molecule has 0 aliphatic rings. The second kappa shape index (κ2) is 8.40. The van der Waals surface area contributed by atoms with Gasteiger partial charge in [-0.3, -0.25) is 4.79 Å². The van der Waals surface area contributed by atoms with E-state index in [1.54, 1.807) is 37.3 Å². The average molecular weight is 375 g/mol. The molecule has 25 heavy (non-hydrogen) atoms. The van der Waals surface area contributed by atoms with E-state index in [-0.39, 0.29) is 24.9 Å². The van der Waals surface area contributed by atoms with Crippen molar-refractivity contribution in [3.05, 3.63) is 59.0 Å². The van der Waals surface area contributed by atoms with Crippen molar-refractivity contribution in [2.75, 3.05) is 13.1 Å². The molecule has 0 fully saturated rings. The van der Waals surface area contributed by atoms with Gasteiger partial charge in [-0.1, -0.05) is 29.8 Å². The Morgan fingerprint density at radius 3 is 2.60 bits per heavy atom. The minimum absolute atomic E-state index is 0.243. The molecule has 0 radical (unpaired) electrons. The molecule has 1 heterocycles. The first kappa shape index (κ1) is 19.3. The Balaban J connectivity index is 1.99. The molecule has 1 unspecified atom stereocenters. The van der Waals surface area contributed by atoms with Gasteiger partial charge in [0.1, 0.15) is 12.3 Å². The number of carbonyl (C=O) groups is 1. The summed E-state index contributed by atoms with van der Waals surface area (Å²) in [6.07, 6.45) is -3.14. The molecule has 136 valence electrons. The van der Waals surface area contributed by atoms with Crippen LogP contribution in [0.15, 0.2) is 47.1 Å². The third kappa shape index (κ3) is 6.10. The summed E-state index contributed by atoms with van der Waals surface area (Å²) in [7, 11) is 0. The maximum absolute atomic E-state index is 12.7. The molecule has 0 spiro atoms. The van der Waals surface area contributed by atoms with Crippen LogP contribution in [0.25, 0.3) is 0 Å². The molecule has 1 aromatic carbocycles. The Bertz CT molecular complexity index is 689. The van der Waals surface area contributed by atoms with Gasteiger partial charge in [0, 0.05) is 11.1 Å². The summed E-state index contributed by atoms with van der Waals surface area (Å²) >= 11 is 6.08. The lowest BCUT2D eigenvalue weighted by Crippen LogP contribution is -2.43. The summed E-state index contributed by atoms with van der Waals surface area (Å²) in [4.78, 5) is 13.0. The number of halogens is 4. The number of hydrogen-bond donors (Lipinski definition) is 1. The van der Waals surface area contributed by atoms with Gasteiger partial charge in [-0.05, 0) is 30.7 Å². The van der Waals surface area contributed by atoms with Crippen LogP contribution in [0.1, 0.15) is 24.3 Å². The van der Waals surface area contributed by atoms with Gasteiger partial charge in [0.05, 0.1) is 19.4 Å². The van der Waals surface area contributed by atoms with E-state index in [1.807, 2.05) is 0 Å². The molecule has 1 N–H and O–H groups in total. The number of nitrogens with one attached hydrogen (secondary N) is 1. The highest BCUT2D eigenvalue weighted by Crippen LogP contribution is 2.22. The predicted octanol–water partition coefficient (Wildman–Crippen LogP) is 4.17. The second-order valence-corrected chi connectivity index (χ2v) is 5.98. The van der Waals surface area contributed by atoms with E-state index in [2.05, 4.69) is 5.32 Å². The molecule has 4 nitrogen and oxygen atoms in total. The highest BCUT2D eigenvalue weighted by Gasteiger charge is 2.33. The Morgan fingerprint density at radius 1 is 1.28 bits per heavy atom. The molecular formula is C17H18ClF3N2O2. The number of nitrogens with zero attached hydrogens (tertiary/aromatic N) is 1. The van der Waals surface area contributed by atoms with Crippen LogP contribution in [0.4, 0.5) is 13.2 Å². The molecule has 0 aliphatic heterocycles. The average Bonchev–Trinajstić information content (AvgIpc) is 3.04. The molecule has 0 aliphatic carbocycles. The van der Waals surface area contributed by atoms with Crippen molar-refractivity contribution >= 4 is 17.5 Å². The third-order valence-electron chi connectivity index (χ3n) is 3.58. The SMILES string of the molecule is CC(NCC(=O)N(Cc1ccco1)CC(F)(F)F)c1ccccc1Cl. The van der Waals surface area contributed by atoms with Crippen LogP contribution in [0.2, 0.25) is 5.02 Å². The van der Waals surface area contributed by atoms with Gasteiger partial charge in [-0.25, -0.2) is 0 Å². The van der Waals surface area contributed by atoms with Gasteiger partial charge < -0.3 is 14.6 Å². The van der Waals surface area contributed by atoms with Gasteiger partial charge in [0.25, 0.3) is 0 Å². The molecule has 0 saturated carbocycles. The van der Waals surface area contributed by atoms with Crippen molar-refractivity contribution in [2.45, 2.75) is 25.7 Å². The van der Waals surface area contributed by atoms with Crippen molar-refractivity contribution in [1.29, 1.82) is 0 Å². The Hall–Kier alpha value is -1.99. The van der Waals surface area contributed by atoms with Gasteiger partial charge >= 0.3 is 6.18 Å². The quantitative estimate of drug-likeness (QED) is 0.791. The zero-order valence-electron chi connectivity index (χ0n) is 13.5. The molecule has 1 aromatic heterocycles. The predicted molar refractivity (Wildman–Crippen MR) is 88.0 cm³/mol. The number of amides is 1. The van der Waals surface area contributed by atoms with E-state index in [0.717, 1.165) is 5.56 Å². The lowest BCUT2D eigenvalue weighted by atomic mass is 10.1. The molecule has 1 atom stereocenters. The van der Waals surface area contributed by atoms with Crippen LogP contribution in [0, 0.1) is 0 Å². The van der Waals surface area contributed by atoms with Crippen LogP contribution in [0.5, 0.6) is 0 Å². The first-order valence-corrected chi connectivity index (χ1v) is 7.99. The van der Waals surface area contributed by atoms with Gasteiger partial charge in [0.2, 0.25) is 5.91 Å². The smallest absolute Gasteiger partial charge is 0.406 e. The molecule has 2 aromatic rings. The van der Waals surface area contributed by atoms with E-state index in [0.29, 0.717) is 9.92 Å². The maximum atomic E-state index is 12.7. The lowest BCUT2D eigenvalue weighted by molar-refractivity contribution is -0.162. The van der Waals surface area contributed by atoms with Crippen molar-refractivity contribution in [2.24, 2.45) is 0 Å². The highest BCUT2D eigenvalue weighted by molar-refractivity contribution is 6.31. The summed E-state index contributed by atoms with van der Waals surface area (Å²) in [5.74, 6) is -0.385. The number of benzene rings is 1. The normalized spacial score (nSPS) is 12.8. The third-order valence-corrected chi connectivity index (χ3v) is 3.93. The fourth-order valence-electron chi connectivity index (χ4n) is 2.33. The van der Waals surface area contributed by atoms with Crippen LogP contribution in [-0.2, 0) is 11.3 Å². The Kier molecular flexibility index (Phi) is 6.50. The van der Waals surface area contributed by atoms with E-state index < -0.39 is 18.6 Å². The van der Waals surface area contributed by atoms with Crippen LogP contribution < -0.4 is 5.32 Å². The van der Waals surface area contributed by atoms with Crippen molar-refractivity contribution in [3.63, 3.8) is 0 Å². The number of furan rings is 1. The van der Waals surface area contributed by atoms with E-state index in [4.69, 9.17) is 16.0 Å². The molecule has 1 amide bonds. The van der Waals surface area contributed by atoms with Crippen LogP contribution >= 0.6 is 11.6 Å². The zero-order valence-corrected chi connectivity index (χ0v) is 14.3. The van der Waals surface area contributed by atoms with Gasteiger partial charge in [-0.2, -0.15) is 13.2 Å². The zero-order chi connectivity index (χ0) is 18.4. The second-order valence-electron chi connectivity index (χ2n) is 5.57. The van der Waals surface area contributed by atoms with Crippen LogP contribution in [-0.4, -0.2) is 30.1 Å². The summed E-state index contributed by atoms with van der Waals surface area (Å²) in [5.41, 5.74) is 0.769. The molecular weight excluding hydrogens is 357 g/mol. The van der Waals surface area contributed by atoms with Crippen molar-refractivity contribution < 1.29 is 22.4 Å². The summed E-state index contributed by atoms with van der Waals surface area (Å²) < 4.78 is 43.3. The minimum atomic E-state index is -4.49. The number of alkyl halides is 3. The van der Waals surface area contributed by atoms with Crippen molar-refractivity contribution in [1.82, 2.24) is 10.2 Å². The molecule has 2 rings (SSSR count).